The van der Waals surface area contributed by atoms with Crippen LogP contribution in [0, 0.1) is 10.1 Å². The van der Waals surface area contributed by atoms with Gasteiger partial charge in [0.1, 0.15) is 0 Å². The molecule has 0 amide bonds. The molecule has 0 saturated heterocycles. The Morgan fingerprint density at radius 1 is 1.37 bits per heavy atom. The molecule has 2 aromatic rings. The maximum Gasteiger partial charge on any atom is 0.269 e. The van der Waals surface area contributed by atoms with Crippen LogP contribution in [0.25, 0.3) is 0 Å². The van der Waals surface area contributed by atoms with Crippen molar-refractivity contribution < 1.29 is 4.92 Å². The van der Waals surface area contributed by atoms with Crippen LogP contribution in [0.4, 0.5) is 11.5 Å². The summed E-state index contributed by atoms with van der Waals surface area (Å²) in [5.74, 6) is 0.643. The van der Waals surface area contributed by atoms with Gasteiger partial charge in [-0.2, -0.15) is 0 Å². The number of nitrogens with zero attached hydrogens (tertiary/aromatic N) is 4. The number of benzene rings is 1. The van der Waals surface area contributed by atoms with E-state index >= 15 is 0 Å². The summed E-state index contributed by atoms with van der Waals surface area (Å²) < 4.78 is 1.72. The molecular weight excluding hydrogens is 246 g/mol. The Hall–Kier alpha value is -2.44. The van der Waals surface area contributed by atoms with Crippen molar-refractivity contribution in [1.82, 2.24) is 15.0 Å². The van der Waals surface area contributed by atoms with Gasteiger partial charge >= 0.3 is 0 Å². The van der Waals surface area contributed by atoms with Crippen LogP contribution >= 0.6 is 0 Å². The minimum Gasteiger partial charge on any atom is -0.381 e. The van der Waals surface area contributed by atoms with Gasteiger partial charge in [-0.3, -0.25) is 10.1 Å². The minimum atomic E-state index is -0.420. The van der Waals surface area contributed by atoms with E-state index in [-0.39, 0.29) is 11.6 Å². The number of nitrogens with two attached hydrogens (primary N) is 1. The first kappa shape index (κ1) is 13.0. The van der Waals surface area contributed by atoms with Crippen molar-refractivity contribution in [2.75, 3.05) is 5.73 Å². The number of nitro benzene ring substituents is 1. The second kappa shape index (κ2) is 5.05. The van der Waals surface area contributed by atoms with E-state index < -0.39 is 4.92 Å². The Bertz CT molecular complexity index is 589. The highest BCUT2D eigenvalue weighted by atomic mass is 16.6. The van der Waals surface area contributed by atoms with E-state index in [4.69, 9.17) is 5.73 Å². The van der Waals surface area contributed by atoms with Gasteiger partial charge < -0.3 is 5.73 Å². The Labute approximate surface area is 110 Å². The summed E-state index contributed by atoms with van der Waals surface area (Å²) >= 11 is 0. The summed E-state index contributed by atoms with van der Waals surface area (Å²) in [6.45, 7) is 4.53. The lowest BCUT2D eigenvalue weighted by molar-refractivity contribution is -0.384. The van der Waals surface area contributed by atoms with Gasteiger partial charge in [0, 0.05) is 12.1 Å². The normalized spacial score (nSPS) is 10.9. The molecule has 0 bridgehead atoms. The number of rotatable bonds is 4. The predicted molar refractivity (Wildman–Crippen MR) is 70.7 cm³/mol. The van der Waals surface area contributed by atoms with Gasteiger partial charge in [-0.25, -0.2) is 4.68 Å². The number of anilines is 1. The highest BCUT2D eigenvalue weighted by molar-refractivity contribution is 5.37. The summed E-state index contributed by atoms with van der Waals surface area (Å²) in [6.07, 6.45) is 0. The summed E-state index contributed by atoms with van der Waals surface area (Å²) in [4.78, 5) is 10.2. The molecule has 0 aliphatic carbocycles. The molecule has 1 heterocycles. The van der Waals surface area contributed by atoms with E-state index in [1.54, 1.807) is 16.8 Å². The van der Waals surface area contributed by atoms with Crippen molar-refractivity contribution in [2.45, 2.75) is 26.3 Å². The van der Waals surface area contributed by atoms with Crippen molar-refractivity contribution in [2.24, 2.45) is 0 Å². The van der Waals surface area contributed by atoms with Gasteiger partial charge in [0.25, 0.3) is 5.69 Å². The standard InChI is InChI=1S/C12H15N5O2/c1-8(2)11-12(13)14-15-16(11)7-9-3-5-10(6-4-9)17(18)19/h3-6,8H,7,13H2,1-2H3. The van der Waals surface area contributed by atoms with Gasteiger partial charge in [-0.15, -0.1) is 5.10 Å². The molecule has 1 aromatic heterocycles. The van der Waals surface area contributed by atoms with Gasteiger partial charge in [-0.05, 0) is 11.5 Å². The Balaban J connectivity index is 2.24. The predicted octanol–water partition coefficient (Wildman–Crippen LogP) is 1.94. The lowest BCUT2D eigenvalue weighted by Crippen LogP contribution is -2.08. The van der Waals surface area contributed by atoms with E-state index in [1.165, 1.54) is 12.1 Å². The Morgan fingerprint density at radius 3 is 2.53 bits per heavy atom. The second-order valence-electron chi connectivity index (χ2n) is 4.60. The molecule has 2 N–H and O–H groups in total. The molecule has 0 saturated carbocycles. The SMILES string of the molecule is CC(C)c1c(N)nnn1Cc1ccc([N+](=O)[O-])cc1. The zero-order chi connectivity index (χ0) is 14.0. The molecule has 0 atom stereocenters. The summed E-state index contributed by atoms with van der Waals surface area (Å²) in [6, 6.07) is 6.37. The molecule has 0 spiro atoms. The smallest absolute Gasteiger partial charge is 0.269 e. The lowest BCUT2D eigenvalue weighted by atomic mass is 10.1. The molecule has 100 valence electrons. The first-order valence-electron chi connectivity index (χ1n) is 5.91. The average Bonchev–Trinajstić information content (AvgIpc) is 2.71. The number of nitrogen functional groups attached to an aromatic ring is 1. The quantitative estimate of drug-likeness (QED) is 0.669. The first-order valence-corrected chi connectivity index (χ1v) is 5.91. The third-order valence-electron chi connectivity index (χ3n) is 2.83. The zero-order valence-electron chi connectivity index (χ0n) is 10.8. The highest BCUT2D eigenvalue weighted by Crippen LogP contribution is 2.20. The van der Waals surface area contributed by atoms with E-state index in [0.29, 0.717) is 12.4 Å². The number of nitro groups is 1. The fourth-order valence-electron chi connectivity index (χ4n) is 1.94. The van der Waals surface area contributed by atoms with Crippen LogP contribution in [0.5, 0.6) is 0 Å². The van der Waals surface area contributed by atoms with Crippen molar-refractivity contribution in [3.8, 4) is 0 Å². The van der Waals surface area contributed by atoms with Crippen molar-refractivity contribution >= 4 is 11.5 Å². The largest absolute Gasteiger partial charge is 0.381 e. The molecule has 7 heteroatoms. The first-order chi connectivity index (χ1) is 8.99. The van der Waals surface area contributed by atoms with Gasteiger partial charge in [0.05, 0.1) is 17.2 Å². The third kappa shape index (κ3) is 2.70. The van der Waals surface area contributed by atoms with Gasteiger partial charge in [-0.1, -0.05) is 31.2 Å². The van der Waals surface area contributed by atoms with Crippen LogP contribution in [-0.4, -0.2) is 19.9 Å². The van der Waals surface area contributed by atoms with E-state index in [0.717, 1.165) is 11.3 Å². The molecule has 7 nitrogen and oxygen atoms in total. The van der Waals surface area contributed by atoms with Crippen LogP contribution in [0.2, 0.25) is 0 Å². The highest BCUT2D eigenvalue weighted by Gasteiger charge is 2.14. The van der Waals surface area contributed by atoms with Crippen LogP contribution in [0.15, 0.2) is 24.3 Å². The van der Waals surface area contributed by atoms with Crippen LogP contribution in [-0.2, 0) is 6.54 Å². The van der Waals surface area contributed by atoms with E-state index in [1.807, 2.05) is 13.8 Å². The maximum absolute atomic E-state index is 10.6. The molecule has 0 unspecified atom stereocenters. The molecule has 19 heavy (non-hydrogen) atoms. The molecule has 0 aliphatic heterocycles. The number of hydrogen-bond acceptors (Lipinski definition) is 5. The van der Waals surface area contributed by atoms with Crippen LogP contribution in [0.3, 0.4) is 0 Å². The molecular formula is C12H15N5O2. The molecule has 2 rings (SSSR count). The van der Waals surface area contributed by atoms with E-state index in [2.05, 4.69) is 10.3 Å². The van der Waals surface area contributed by atoms with Crippen molar-refractivity contribution in [3.05, 3.63) is 45.6 Å². The molecule has 1 aromatic carbocycles. The van der Waals surface area contributed by atoms with Crippen LogP contribution in [0.1, 0.15) is 31.0 Å². The second-order valence-corrected chi connectivity index (χ2v) is 4.60. The van der Waals surface area contributed by atoms with Gasteiger partial charge in [0.2, 0.25) is 0 Å². The molecule has 0 aliphatic rings. The topological polar surface area (TPSA) is 99.9 Å². The molecule has 0 fully saturated rings. The number of hydrogen-bond donors (Lipinski definition) is 1. The van der Waals surface area contributed by atoms with Crippen molar-refractivity contribution in [3.63, 3.8) is 0 Å². The maximum atomic E-state index is 10.6. The monoisotopic (exact) mass is 261 g/mol. The Kier molecular flexibility index (Phi) is 3.46. The van der Waals surface area contributed by atoms with Crippen LogP contribution < -0.4 is 5.73 Å². The lowest BCUT2D eigenvalue weighted by Gasteiger charge is -2.09. The minimum absolute atomic E-state index is 0.0749. The Morgan fingerprint density at radius 2 is 2.00 bits per heavy atom. The third-order valence-corrected chi connectivity index (χ3v) is 2.83. The number of non-ortho nitro benzene ring substituents is 1. The van der Waals surface area contributed by atoms with E-state index in [9.17, 15) is 10.1 Å². The summed E-state index contributed by atoms with van der Waals surface area (Å²) in [5.41, 5.74) is 7.64. The zero-order valence-corrected chi connectivity index (χ0v) is 10.8. The average molecular weight is 261 g/mol. The number of aromatic nitrogens is 3. The van der Waals surface area contributed by atoms with Crippen molar-refractivity contribution in [1.29, 1.82) is 0 Å². The summed E-state index contributed by atoms with van der Waals surface area (Å²) in [5, 5.41) is 18.4. The fraction of sp³-hybridized carbons (Fsp3) is 0.333. The summed E-state index contributed by atoms with van der Waals surface area (Å²) in [7, 11) is 0. The van der Waals surface area contributed by atoms with Gasteiger partial charge in [0.15, 0.2) is 5.82 Å². The molecule has 0 radical (unpaired) electrons. The fourth-order valence-corrected chi connectivity index (χ4v) is 1.94.